The lowest BCUT2D eigenvalue weighted by Gasteiger charge is -2.12. The van der Waals surface area contributed by atoms with Crippen LogP contribution in [0.3, 0.4) is 0 Å². The summed E-state index contributed by atoms with van der Waals surface area (Å²) in [7, 11) is 0. The van der Waals surface area contributed by atoms with Crippen molar-refractivity contribution >= 4 is 5.82 Å². The molecule has 1 aliphatic carbocycles. The van der Waals surface area contributed by atoms with E-state index in [2.05, 4.69) is 36.3 Å². The van der Waals surface area contributed by atoms with Crippen LogP contribution in [0.2, 0.25) is 0 Å². The van der Waals surface area contributed by atoms with Crippen LogP contribution in [-0.4, -0.2) is 16.2 Å². The lowest BCUT2D eigenvalue weighted by atomic mass is 10.2. The highest BCUT2D eigenvalue weighted by atomic mass is 15.2. The lowest BCUT2D eigenvalue weighted by molar-refractivity contribution is 0.689. The van der Waals surface area contributed by atoms with Gasteiger partial charge < -0.3 is 5.32 Å². The summed E-state index contributed by atoms with van der Waals surface area (Å²) in [5.41, 5.74) is 2.52. The summed E-state index contributed by atoms with van der Waals surface area (Å²) in [5.74, 6) is 1.91. The molecule has 3 heteroatoms. The molecule has 2 rings (SSSR count). The van der Waals surface area contributed by atoms with E-state index in [1.54, 1.807) is 0 Å². The van der Waals surface area contributed by atoms with E-state index >= 15 is 0 Å². The van der Waals surface area contributed by atoms with Crippen LogP contribution in [0.25, 0.3) is 0 Å². The summed E-state index contributed by atoms with van der Waals surface area (Å²) in [6, 6.07) is 0.571. The van der Waals surface area contributed by atoms with Gasteiger partial charge in [-0.3, -0.25) is 5.10 Å². The second-order valence-electron chi connectivity index (χ2n) is 4.30. The molecule has 2 N–H and O–H groups in total. The van der Waals surface area contributed by atoms with E-state index in [0.29, 0.717) is 6.04 Å². The van der Waals surface area contributed by atoms with Gasteiger partial charge >= 0.3 is 0 Å². The number of aromatic nitrogens is 2. The average Bonchev–Trinajstić information content (AvgIpc) is 2.95. The maximum Gasteiger partial charge on any atom is 0.151 e. The maximum absolute atomic E-state index is 4.30. The number of nitrogens with zero attached hydrogens (tertiary/aromatic N) is 1. The monoisotopic (exact) mass is 193 g/mol. The predicted molar refractivity (Wildman–Crippen MR) is 58.5 cm³/mol. The van der Waals surface area contributed by atoms with Gasteiger partial charge in [0.1, 0.15) is 0 Å². The highest BCUT2D eigenvalue weighted by molar-refractivity contribution is 5.46. The lowest BCUT2D eigenvalue weighted by Crippen LogP contribution is -2.18. The van der Waals surface area contributed by atoms with E-state index < -0.39 is 0 Å². The Morgan fingerprint density at radius 3 is 2.79 bits per heavy atom. The maximum atomic E-state index is 4.30. The molecule has 1 atom stereocenters. The molecule has 1 unspecified atom stereocenters. The normalized spacial score (nSPS) is 18.2. The van der Waals surface area contributed by atoms with Crippen LogP contribution in [0, 0.1) is 12.8 Å². The molecule has 14 heavy (non-hydrogen) atoms. The molecule has 78 valence electrons. The molecule has 1 heterocycles. The Morgan fingerprint density at radius 2 is 2.29 bits per heavy atom. The predicted octanol–water partition coefficient (Wildman–Crippen LogP) is 2.49. The fourth-order valence-corrected chi connectivity index (χ4v) is 1.85. The summed E-state index contributed by atoms with van der Waals surface area (Å²) in [6.45, 7) is 6.52. The molecular weight excluding hydrogens is 174 g/mol. The highest BCUT2D eigenvalue weighted by Crippen LogP contribution is 2.34. The van der Waals surface area contributed by atoms with E-state index in [0.717, 1.165) is 18.2 Å². The van der Waals surface area contributed by atoms with Gasteiger partial charge in [-0.1, -0.05) is 6.92 Å². The van der Waals surface area contributed by atoms with Crippen LogP contribution < -0.4 is 5.32 Å². The SMILES string of the molecule is CCc1[nH]nc(NC(C)C2CC2)c1C. The largest absolute Gasteiger partial charge is 0.366 e. The second-order valence-corrected chi connectivity index (χ2v) is 4.30. The molecule has 1 aromatic rings. The second kappa shape index (κ2) is 3.64. The zero-order chi connectivity index (χ0) is 10.1. The fraction of sp³-hybridized carbons (Fsp3) is 0.727. The number of H-pyrrole nitrogens is 1. The average molecular weight is 193 g/mol. The van der Waals surface area contributed by atoms with Crippen LogP contribution in [-0.2, 0) is 6.42 Å². The summed E-state index contributed by atoms with van der Waals surface area (Å²) < 4.78 is 0. The van der Waals surface area contributed by atoms with Gasteiger partial charge in [0.25, 0.3) is 0 Å². The Bertz CT molecular complexity index is 312. The molecule has 0 amide bonds. The van der Waals surface area contributed by atoms with Gasteiger partial charge in [-0.2, -0.15) is 5.10 Å². The Labute approximate surface area is 85.3 Å². The van der Waals surface area contributed by atoms with Crippen LogP contribution >= 0.6 is 0 Å². The van der Waals surface area contributed by atoms with Crippen LogP contribution in [0.1, 0.15) is 37.9 Å². The summed E-state index contributed by atoms with van der Waals surface area (Å²) in [5, 5.41) is 10.9. The Kier molecular flexibility index (Phi) is 2.48. The topological polar surface area (TPSA) is 40.7 Å². The standard InChI is InChI=1S/C11H19N3/c1-4-10-7(2)11(14-13-10)12-8(3)9-5-6-9/h8-9H,4-6H2,1-3H3,(H2,12,13,14). The first kappa shape index (κ1) is 9.56. The van der Waals surface area contributed by atoms with Crippen molar-refractivity contribution in [2.24, 2.45) is 5.92 Å². The summed E-state index contributed by atoms with van der Waals surface area (Å²) >= 11 is 0. The highest BCUT2D eigenvalue weighted by Gasteiger charge is 2.28. The van der Waals surface area contributed by atoms with E-state index in [1.165, 1.54) is 24.1 Å². The van der Waals surface area contributed by atoms with E-state index in [1.807, 2.05) is 0 Å². The van der Waals surface area contributed by atoms with Gasteiger partial charge in [-0.15, -0.1) is 0 Å². The number of nitrogens with one attached hydrogen (secondary N) is 2. The molecule has 3 nitrogen and oxygen atoms in total. The Hall–Kier alpha value is -0.990. The van der Waals surface area contributed by atoms with Crippen molar-refractivity contribution in [1.29, 1.82) is 0 Å². The quantitative estimate of drug-likeness (QED) is 0.771. The third-order valence-corrected chi connectivity index (χ3v) is 3.16. The summed E-state index contributed by atoms with van der Waals surface area (Å²) in [6.07, 6.45) is 3.77. The van der Waals surface area contributed by atoms with E-state index in [9.17, 15) is 0 Å². The minimum atomic E-state index is 0.571. The number of aromatic amines is 1. The van der Waals surface area contributed by atoms with Crippen LogP contribution in [0.4, 0.5) is 5.82 Å². The molecule has 0 aromatic carbocycles. The van der Waals surface area contributed by atoms with Crippen LogP contribution in [0.5, 0.6) is 0 Å². The van der Waals surface area contributed by atoms with E-state index in [4.69, 9.17) is 0 Å². The minimum absolute atomic E-state index is 0.571. The van der Waals surface area contributed by atoms with Gasteiger partial charge in [-0.25, -0.2) is 0 Å². The molecule has 0 bridgehead atoms. The Morgan fingerprint density at radius 1 is 1.57 bits per heavy atom. The van der Waals surface area contributed by atoms with Crippen molar-refractivity contribution < 1.29 is 0 Å². The van der Waals surface area contributed by atoms with Crippen molar-refractivity contribution in [2.75, 3.05) is 5.32 Å². The number of hydrogen-bond acceptors (Lipinski definition) is 2. The molecule has 1 aromatic heterocycles. The van der Waals surface area contributed by atoms with E-state index in [-0.39, 0.29) is 0 Å². The van der Waals surface area contributed by atoms with Crippen molar-refractivity contribution in [3.63, 3.8) is 0 Å². The first-order chi connectivity index (χ1) is 6.72. The summed E-state index contributed by atoms with van der Waals surface area (Å²) in [4.78, 5) is 0. The van der Waals surface area contributed by atoms with Gasteiger partial charge in [0, 0.05) is 17.3 Å². The molecule has 0 radical (unpaired) electrons. The van der Waals surface area contributed by atoms with Gasteiger partial charge in [-0.05, 0) is 39.0 Å². The van der Waals surface area contributed by atoms with Gasteiger partial charge in [0.15, 0.2) is 5.82 Å². The number of rotatable bonds is 4. The first-order valence-electron chi connectivity index (χ1n) is 5.52. The zero-order valence-electron chi connectivity index (χ0n) is 9.22. The molecule has 0 saturated heterocycles. The molecule has 0 aliphatic heterocycles. The number of hydrogen-bond donors (Lipinski definition) is 2. The van der Waals surface area contributed by atoms with Crippen molar-refractivity contribution in [2.45, 2.75) is 46.1 Å². The van der Waals surface area contributed by atoms with Crippen LogP contribution in [0.15, 0.2) is 0 Å². The van der Waals surface area contributed by atoms with Crippen molar-refractivity contribution in [1.82, 2.24) is 10.2 Å². The number of aryl methyl sites for hydroxylation is 1. The third kappa shape index (κ3) is 1.76. The smallest absolute Gasteiger partial charge is 0.151 e. The Balaban J connectivity index is 2.04. The molecule has 1 saturated carbocycles. The van der Waals surface area contributed by atoms with Crippen molar-refractivity contribution in [3.8, 4) is 0 Å². The molecular formula is C11H19N3. The first-order valence-corrected chi connectivity index (χ1v) is 5.52. The van der Waals surface area contributed by atoms with Gasteiger partial charge in [0.05, 0.1) is 0 Å². The fourth-order valence-electron chi connectivity index (χ4n) is 1.85. The molecule has 1 aliphatic rings. The molecule has 0 spiro atoms. The van der Waals surface area contributed by atoms with Gasteiger partial charge in [0.2, 0.25) is 0 Å². The minimum Gasteiger partial charge on any atom is -0.366 e. The third-order valence-electron chi connectivity index (χ3n) is 3.16. The molecule has 1 fully saturated rings. The zero-order valence-corrected chi connectivity index (χ0v) is 9.22. The van der Waals surface area contributed by atoms with Crippen molar-refractivity contribution in [3.05, 3.63) is 11.3 Å². The number of anilines is 1.